The SMILES string of the molecule is O=C(O)c1ccc2c(c1)ncn2-c1cc(Br)ccc1Cl. The van der Waals surface area contributed by atoms with Crippen LogP contribution >= 0.6 is 27.5 Å². The van der Waals surface area contributed by atoms with Crippen molar-refractivity contribution < 1.29 is 9.90 Å². The molecule has 0 aliphatic heterocycles. The lowest BCUT2D eigenvalue weighted by Gasteiger charge is -2.07. The molecule has 0 saturated heterocycles. The van der Waals surface area contributed by atoms with Crippen molar-refractivity contribution in [1.29, 1.82) is 0 Å². The molecule has 0 atom stereocenters. The highest BCUT2D eigenvalue weighted by atomic mass is 79.9. The first-order chi connectivity index (χ1) is 9.56. The maximum atomic E-state index is 11.0. The van der Waals surface area contributed by atoms with Crippen LogP contribution in [0.15, 0.2) is 47.2 Å². The third-order valence-corrected chi connectivity index (χ3v) is 3.77. The van der Waals surface area contributed by atoms with Crippen molar-refractivity contribution in [2.24, 2.45) is 0 Å². The molecule has 0 spiro atoms. The molecule has 100 valence electrons. The molecule has 0 bridgehead atoms. The van der Waals surface area contributed by atoms with Crippen LogP contribution in [-0.2, 0) is 0 Å². The minimum absolute atomic E-state index is 0.211. The van der Waals surface area contributed by atoms with E-state index < -0.39 is 5.97 Å². The van der Waals surface area contributed by atoms with Gasteiger partial charge in [0.15, 0.2) is 0 Å². The summed E-state index contributed by atoms with van der Waals surface area (Å²) in [5, 5.41) is 9.58. The van der Waals surface area contributed by atoms with Crippen LogP contribution in [0.5, 0.6) is 0 Å². The zero-order valence-electron chi connectivity index (χ0n) is 10.0. The van der Waals surface area contributed by atoms with Gasteiger partial charge >= 0.3 is 5.97 Å². The molecule has 0 unspecified atom stereocenters. The van der Waals surface area contributed by atoms with Crippen LogP contribution in [0.2, 0.25) is 5.02 Å². The molecule has 1 aromatic heterocycles. The summed E-state index contributed by atoms with van der Waals surface area (Å²) in [6.45, 7) is 0. The number of hydrogen-bond donors (Lipinski definition) is 1. The highest BCUT2D eigenvalue weighted by Crippen LogP contribution is 2.27. The van der Waals surface area contributed by atoms with Crippen molar-refractivity contribution in [3.8, 4) is 5.69 Å². The largest absolute Gasteiger partial charge is 0.478 e. The third-order valence-electron chi connectivity index (χ3n) is 2.96. The summed E-state index contributed by atoms with van der Waals surface area (Å²) in [6.07, 6.45) is 1.63. The number of rotatable bonds is 2. The number of aromatic nitrogens is 2. The molecule has 4 nitrogen and oxygen atoms in total. The molecular formula is C14H8BrClN2O2. The van der Waals surface area contributed by atoms with Gasteiger partial charge in [0.1, 0.15) is 6.33 Å². The van der Waals surface area contributed by atoms with Gasteiger partial charge < -0.3 is 5.11 Å². The monoisotopic (exact) mass is 350 g/mol. The minimum atomic E-state index is -0.970. The van der Waals surface area contributed by atoms with Crippen molar-refractivity contribution in [3.05, 3.63) is 57.8 Å². The topological polar surface area (TPSA) is 55.1 Å². The van der Waals surface area contributed by atoms with Crippen molar-refractivity contribution in [2.45, 2.75) is 0 Å². The summed E-state index contributed by atoms with van der Waals surface area (Å²) >= 11 is 9.61. The Kier molecular flexibility index (Phi) is 3.23. The number of carboxylic acids is 1. The first-order valence-corrected chi connectivity index (χ1v) is 6.89. The zero-order chi connectivity index (χ0) is 14.3. The lowest BCUT2D eigenvalue weighted by Crippen LogP contribution is -1.96. The minimum Gasteiger partial charge on any atom is -0.478 e. The predicted octanol–water partition coefficient (Wildman–Crippen LogP) is 4.14. The van der Waals surface area contributed by atoms with E-state index in [-0.39, 0.29) is 5.56 Å². The highest BCUT2D eigenvalue weighted by molar-refractivity contribution is 9.10. The first kappa shape index (κ1) is 13.1. The zero-order valence-corrected chi connectivity index (χ0v) is 12.4. The molecular weight excluding hydrogens is 344 g/mol. The van der Waals surface area contributed by atoms with Crippen LogP contribution < -0.4 is 0 Å². The number of hydrogen-bond acceptors (Lipinski definition) is 2. The lowest BCUT2D eigenvalue weighted by molar-refractivity contribution is 0.0697. The van der Waals surface area contributed by atoms with E-state index in [1.807, 2.05) is 16.7 Å². The first-order valence-electron chi connectivity index (χ1n) is 5.72. The number of carboxylic acid groups (broad SMARTS) is 1. The van der Waals surface area contributed by atoms with Crippen LogP contribution in [0.3, 0.4) is 0 Å². The number of halogens is 2. The van der Waals surface area contributed by atoms with Crippen molar-refractivity contribution >= 4 is 44.5 Å². The molecule has 1 heterocycles. The molecule has 0 aliphatic carbocycles. The Morgan fingerprint density at radius 1 is 1.25 bits per heavy atom. The van der Waals surface area contributed by atoms with Crippen molar-refractivity contribution in [3.63, 3.8) is 0 Å². The van der Waals surface area contributed by atoms with Crippen LogP contribution in [0.1, 0.15) is 10.4 Å². The Balaban J connectivity index is 2.22. The van der Waals surface area contributed by atoms with Gasteiger partial charge in [-0.3, -0.25) is 4.57 Å². The van der Waals surface area contributed by atoms with E-state index in [1.165, 1.54) is 0 Å². The molecule has 3 aromatic rings. The van der Waals surface area contributed by atoms with Gasteiger partial charge in [-0.2, -0.15) is 0 Å². The van der Waals surface area contributed by atoms with E-state index in [1.54, 1.807) is 30.6 Å². The van der Waals surface area contributed by atoms with Gasteiger partial charge in [-0.25, -0.2) is 9.78 Å². The van der Waals surface area contributed by atoms with Crippen molar-refractivity contribution in [2.75, 3.05) is 0 Å². The number of nitrogens with zero attached hydrogens (tertiary/aromatic N) is 2. The maximum absolute atomic E-state index is 11.0. The van der Waals surface area contributed by atoms with Crippen LogP contribution in [-0.4, -0.2) is 20.6 Å². The summed E-state index contributed by atoms with van der Waals surface area (Å²) < 4.78 is 2.73. The molecule has 0 radical (unpaired) electrons. The summed E-state index contributed by atoms with van der Waals surface area (Å²) in [6, 6.07) is 10.3. The second-order valence-electron chi connectivity index (χ2n) is 4.22. The Hall–Kier alpha value is -1.85. The molecule has 3 rings (SSSR count). The highest BCUT2D eigenvalue weighted by Gasteiger charge is 2.11. The summed E-state index contributed by atoms with van der Waals surface area (Å²) in [5.41, 5.74) is 2.41. The van der Waals surface area contributed by atoms with Gasteiger partial charge in [0.05, 0.1) is 27.3 Å². The summed E-state index contributed by atoms with van der Waals surface area (Å²) in [4.78, 5) is 15.2. The number of aromatic carboxylic acids is 1. The second-order valence-corrected chi connectivity index (χ2v) is 5.54. The molecule has 2 aromatic carbocycles. The van der Waals surface area contributed by atoms with Gasteiger partial charge in [-0.05, 0) is 36.4 Å². The fourth-order valence-electron chi connectivity index (χ4n) is 2.01. The average molecular weight is 352 g/mol. The Morgan fingerprint density at radius 2 is 2.05 bits per heavy atom. The number of carbonyl (C=O) groups is 1. The Bertz CT molecular complexity index is 829. The van der Waals surface area contributed by atoms with Crippen LogP contribution in [0, 0.1) is 0 Å². The molecule has 0 amide bonds. The molecule has 20 heavy (non-hydrogen) atoms. The van der Waals surface area contributed by atoms with Gasteiger partial charge in [-0.15, -0.1) is 0 Å². The fourth-order valence-corrected chi connectivity index (χ4v) is 2.57. The van der Waals surface area contributed by atoms with E-state index >= 15 is 0 Å². The van der Waals surface area contributed by atoms with E-state index in [0.29, 0.717) is 10.5 Å². The third kappa shape index (κ3) is 2.19. The van der Waals surface area contributed by atoms with E-state index in [4.69, 9.17) is 16.7 Å². The van der Waals surface area contributed by atoms with Gasteiger partial charge in [0.25, 0.3) is 0 Å². The number of imidazole rings is 1. The predicted molar refractivity (Wildman–Crippen MR) is 80.7 cm³/mol. The smallest absolute Gasteiger partial charge is 0.335 e. The van der Waals surface area contributed by atoms with E-state index in [9.17, 15) is 4.79 Å². The normalized spacial score (nSPS) is 10.9. The Labute approximate surface area is 127 Å². The summed E-state index contributed by atoms with van der Waals surface area (Å²) in [7, 11) is 0. The fraction of sp³-hybridized carbons (Fsp3) is 0. The van der Waals surface area contributed by atoms with Gasteiger partial charge in [0, 0.05) is 4.47 Å². The van der Waals surface area contributed by atoms with Crippen molar-refractivity contribution in [1.82, 2.24) is 9.55 Å². The quantitative estimate of drug-likeness (QED) is 0.755. The number of fused-ring (bicyclic) bond motifs is 1. The standard InChI is InChI=1S/C14H8BrClN2O2/c15-9-2-3-10(16)13(6-9)18-7-17-11-5-8(14(19)20)1-4-12(11)18/h1-7H,(H,19,20). The molecule has 6 heteroatoms. The molecule has 0 saturated carbocycles. The Morgan fingerprint density at radius 3 is 2.80 bits per heavy atom. The average Bonchev–Trinajstić information content (AvgIpc) is 2.84. The van der Waals surface area contributed by atoms with Crippen LogP contribution in [0.4, 0.5) is 0 Å². The number of benzene rings is 2. The second kappa shape index (κ2) is 4.92. The van der Waals surface area contributed by atoms with Crippen LogP contribution in [0.25, 0.3) is 16.7 Å². The van der Waals surface area contributed by atoms with E-state index in [2.05, 4.69) is 20.9 Å². The summed E-state index contributed by atoms with van der Waals surface area (Å²) in [5.74, 6) is -0.970. The van der Waals surface area contributed by atoms with E-state index in [0.717, 1.165) is 15.7 Å². The maximum Gasteiger partial charge on any atom is 0.335 e. The van der Waals surface area contributed by atoms with Gasteiger partial charge in [-0.1, -0.05) is 27.5 Å². The van der Waals surface area contributed by atoms with Gasteiger partial charge in [0.2, 0.25) is 0 Å². The molecule has 0 aliphatic rings. The molecule has 1 N–H and O–H groups in total. The molecule has 0 fully saturated rings. The lowest BCUT2D eigenvalue weighted by atomic mass is 10.2.